The molecule has 1 aromatic heterocycles. The summed E-state index contributed by atoms with van der Waals surface area (Å²) in [5.74, 6) is 0.0772. The maximum absolute atomic E-state index is 12.6. The van der Waals surface area contributed by atoms with E-state index in [4.69, 9.17) is 4.98 Å². The summed E-state index contributed by atoms with van der Waals surface area (Å²) in [6.07, 6.45) is 1.51. The van der Waals surface area contributed by atoms with E-state index in [-0.39, 0.29) is 5.75 Å². The molecule has 1 heterocycles. The molecular weight excluding hydrogens is 458 g/mol. The summed E-state index contributed by atoms with van der Waals surface area (Å²) in [6.45, 7) is -0.839. The Morgan fingerprint density at radius 1 is 1.07 bits per heavy atom. The molecule has 0 saturated heterocycles. The molecule has 29 heavy (non-hydrogen) atoms. The van der Waals surface area contributed by atoms with E-state index in [9.17, 15) is 8.78 Å². The Hall–Kier alpha value is -2.64. The number of ether oxygens (including phenoxy) is 1. The molecule has 0 fully saturated rings. The van der Waals surface area contributed by atoms with Crippen LogP contribution in [0.1, 0.15) is 11.1 Å². The Balaban J connectivity index is 1.57. The van der Waals surface area contributed by atoms with Crippen LogP contribution < -0.4 is 4.74 Å². The van der Waals surface area contributed by atoms with Gasteiger partial charge in [-0.2, -0.15) is 8.78 Å². The predicted octanol–water partition coefficient (Wildman–Crippen LogP) is 7.39. The molecule has 146 valence electrons. The van der Waals surface area contributed by atoms with Gasteiger partial charge in [0.05, 0.1) is 15.9 Å². The van der Waals surface area contributed by atoms with Crippen molar-refractivity contribution in [1.82, 2.24) is 4.98 Å². The Bertz CT molecular complexity index is 1190. The van der Waals surface area contributed by atoms with E-state index in [1.54, 1.807) is 23.5 Å². The molecule has 7 heteroatoms. The van der Waals surface area contributed by atoms with Crippen LogP contribution in [0.25, 0.3) is 20.8 Å². The van der Waals surface area contributed by atoms with E-state index < -0.39 is 6.61 Å². The van der Waals surface area contributed by atoms with Crippen LogP contribution in [0.5, 0.6) is 5.75 Å². The molecule has 0 N–H and O–H groups in total. The van der Waals surface area contributed by atoms with Crippen LogP contribution in [-0.2, 0) is 0 Å². The zero-order chi connectivity index (χ0) is 20.4. The first-order chi connectivity index (χ1) is 14.0. The SMILES string of the molecule is Cc1ccc2sc(-c3ccc(N=Cc4cc(Br)ccc4OC(F)F)cc3)nc2c1. The molecule has 0 radical (unpaired) electrons. The quantitative estimate of drug-likeness (QED) is 0.284. The summed E-state index contributed by atoms with van der Waals surface area (Å²) >= 11 is 4.97. The Labute approximate surface area is 178 Å². The topological polar surface area (TPSA) is 34.5 Å². The number of aliphatic imine (C=N–C) groups is 1. The lowest BCUT2D eigenvalue weighted by Gasteiger charge is -2.08. The molecule has 0 aliphatic heterocycles. The number of halogens is 3. The van der Waals surface area contributed by atoms with Crippen molar-refractivity contribution in [1.29, 1.82) is 0 Å². The van der Waals surface area contributed by atoms with Gasteiger partial charge in [-0.15, -0.1) is 11.3 Å². The fraction of sp³-hybridized carbons (Fsp3) is 0.0909. The monoisotopic (exact) mass is 472 g/mol. The summed E-state index contributed by atoms with van der Waals surface area (Å²) in [6, 6.07) is 18.7. The minimum atomic E-state index is -2.89. The van der Waals surface area contributed by atoms with E-state index >= 15 is 0 Å². The predicted molar refractivity (Wildman–Crippen MR) is 118 cm³/mol. The zero-order valence-electron chi connectivity index (χ0n) is 15.3. The molecule has 3 nitrogen and oxygen atoms in total. The van der Waals surface area contributed by atoms with Crippen molar-refractivity contribution >= 4 is 49.4 Å². The van der Waals surface area contributed by atoms with Crippen molar-refractivity contribution in [2.75, 3.05) is 0 Å². The van der Waals surface area contributed by atoms with Gasteiger partial charge in [0.1, 0.15) is 10.8 Å². The highest BCUT2D eigenvalue weighted by Gasteiger charge is 2.09. The molecule has 3 aromatic carbocycles. The first-order valence-electron chi connectivity index (χ1n) is 8.74. The van der Waals surface area contributed by atoms with Crippen molar-refractivity contribution in [2.45, 2.75) is 13.5 Å². The van der Waals surface area contributed by atoms with Crippen LogP contribution in [0, 0.1) is 6.92 Å². The van der Waals surface area contributed by atoms with E-state index in [1.165, 1.54) is 17.8 Å². The van der Waals surface area contributed by atoms with Crippen molar-refractivity contribution in [2.24, 2.45) is 4.99 Å². The molecule has 0 spiro atoms. The highest BCUT2D eigenvalue weighted by atomic mass is 79.9. The molecule has 0 aliphatic rings. The number of hydrogen-bond acceptors (Lipinski definition) is 4. The number of alkyl halides is 2. The summed E-state index contributed by atoms with van der Waals surface area (Å²) in [5, 5.41) is 0.945. The van der Waals surface area contributed by atoms with E-state index in [0.717, 1.165) is 25.3 Å². The standard InChI is InChI=1S/C22H15BrF2N2OS/c1-13-2-9-20-18(10-13)27-21(29-20)14-3-6-17(7-4-14)26-12-15-11-16(23)5-8-19(15)28-22(24)25/h2-12,22H,1H3. The number of rotatable bonds is 5. The number of aromatic nitrogens is 1. The van der Waals surface area contributed by atoms with Crippen LogP contribution >= 0.6 is 27.3 Å². The molecule has 0 unspecified atom stereocenters. The molecule has 0 aliphatic carbocycles. The number of thiazole rings is 1. The maximum Gasteiger partial charge on any atom is 0.387 e. The Morgan fingerprint density at radius 2 is 1.86 bits per heavy atom. The first-order valence-corrected chi connectivity index (χ1v) is 10.3. The van der Waals surface area contributed by atoms with Crippen molar-refractivity contribution in [3.63, 3.8) is 0 Å². The molecule has 4 rings (SSSR count). The lowest BCUT2D eigenvalue weighted by molar-refractivity contribution is -0.0499. The highest BCUT2D eigenvalue weighted by Crippen LogP contribution is 2.31. The fourth-order valence-corrected chi connectivity index (χ4v) is 4.15. The van der Waals surface area contributed by atoms with Crippen LogP contribution in [0.15, 0.2) is 70.1 Å². The van der Waals surface area contributed by atoms with Gasteiger partial charge in [0.15, 0.2) is 0 Å². The average molecular weight is 473 g/mol. The molecule has 0 saturated carbocycles. The second-order valence-corrected chi connectivity index (χ2v) is 8.30. The molecule has 0 amide bonds. The van der Waals surface area contributed by atoms with Crippen molar-refractivity contribution in [3.05, 3.63) is 76.3 Å². The lowest BCUT2D eigenvalue weighted by Crippen LogP contribution is -2.04. The second kappa shape index (κ2) is 8.39. The van der Waals surface area contributed by atoms with E-state index in [1.807, 2.05) is 31.2 Å². The van der Waals surface area contributed by atoms with Crippen molar-refractivity contribution < 1.29 is 13.5 Å². The molecule has 0 bridgehead atoms. The van der Waals surface area contributed by atoms with Gasteiger partial charge in [-0.05, 0) is 67.1 Å². The van der Waals surface area contributed by atoms with Gasteiger partial charge >= 0.3 is 6.61 Å². The van der Waals surface area contributed by atoms with Crippen LogP contribution in [0.3, 0.4) is 0 Å². The lowest BCUT2D eigenvalue weighted by atomic mass is 10.2. The summed E-state index contributed by atoms with van der Waals surface area (Å²) in [5.41, 5.74) is 4.35. The van der Waals surface area contributed by atoms with Gasteiger partial charge in [-0.3, -0.25) is 4.99 Å². The molecular formula is C22H15BrF2N2OS. The summed E-state index contributed by atoms with van der Waals surface area (Å²) < 4.78 is 31.6. The van der Waals surface area contributed by atoms with Crippen LogP contribution in [0.2, 0.25) is 0 Å². The number of fused-ring (bicyclic) bond motifs is 1. The molecule has 4 aromatic rings. The third-order valence-electron chi connectivity index (χ3n) is 4.20. The Morgan fingerprint density at radius 3 is 2.62 bits per heavy atom. The minimum Gasteiger partial charge on any atom is -0.434 e. The summed E-state index contributed by atoms with van der Waals surface area (Å²) in [4.78, 5) is 9.09. The second-order valence-electron chi connectivity index (χ2n) is 6.36. The van der Waals surface area contributed by atoms with Gasteiger partial charge in [0.25, 0.3) is 0 Å². The Kier molecular flexibility index (Phi) is 5.69. The van der Waals surface area contributed by atoms with Gasteiger partial charge in [-0.1, -0.05) is 22.0 Å². The highest BCUT2D eigenvalue weighted by molar-refractivity contribution is 9.10. The van der Waals surface area contributed by atoms with Crippen LogP contribution in [-0.4, -0.2) is 17.8 Å². The average Bonchev–Trinajstić information content (AvgIpc) is 3.11. The number of hydrogen-bond donors (Lipinski definition) is 0. The van der Waals surface area contributed by atoms with Crippen molar-refractivity contribution in [3.8, 4) is 16.3 Å². The third-order valence-corrected chi connectivity index (χ3v) is 5.78. The number of aryl methyl sites for hydroxylation is 1. The first kappa shape index (κ1) is 19.7. The van der Waals surface area contributed by atoms with Gasteiger partial charge in [0.2, 0.25) is 0 Å². The van der Waals surface area contributed by atoms with Gasteiger partial charge in [0, 0.05) is 21.8 Å². The largest absolute Gasteiger partial charge is 0.434 e. The number of nitrogens with zero attached hydrogens (tertiary/aromatic N) is 2. The van der Waals surface area contributed by atoms with Gasteiger partial charge in [-0.25, -0.2) is 4.98 Å². The van der Waals surface area contributed by atoms with Crippen LogP contribution in [0.4, 0.5) is 14.5 Å². The maximum atomic E-state index is 12.6. The van der Waals surface area contributed by atoms with E-state index in [0.29, 0.717) is 11.3 Å². The molecule has 0 atom stereocenters. The van der Waals surface area contributed by atoms with E-state index in [2.05, 4.69) is 43.9 Å². The summed E-state index contributed by atoms with van der Waals surface area (Å²) in [7, 11) is 0. The normalized spacial score (nSPS) is 11.6. The number of benzene rings is 3. The minimum absolute atomic E-state index is 0.0772. The third kappa shape index (κ3) is 4.68. The zero-order valence-corrected chi connectivity index (χ0v) is 17.7. The van der Waals surface area contributed by atoms with Gasteiger partial charge < -0.3 is 4.74 Å². The fourth-order valence-electron chi connectivity index (χ4n) is 2.82. The smallest absolute Gasteiger partial charge is 0.387 e.